The molecule has 4 heterocycles. The van der Waals surface area contributed by atoms with E-state index in [0.29, 0.717) is 19.5 Å². The highest BCUT2D eigenvalue weighted by Crippen LogP contribution is 2.40. The molecule has 138 valence electrons. The number of carbonyl (C=O) groups is 1. The van der Waals surface area contributed by atoms with Crippen molar-refractivity contribution in [2.24, 2.45) is 5.92 Å². The van der Waals surface area contributed by atoms with E-state index >= 15 is 0 Å². The van der Waals surface area contributed by atoms with Crippen LogP contribution in [0.4, 0.5) is 0 Å². The Balaban J connectivity index is 1.62. The number of nitrogens with one attached hydrogen (secondary N) is 1. The molecule has 0 saturated carbocycles. The lowest BCUT2D eigenvalue weighted by Crippen LogP contribution is -2.52. The molecule has 2 N–H and O–H groups in total. The highest BCUT2D eigenvalue weighted by atomic mass is 16.3. The molecule has 2 aliphatic rings. The Hall–Kier alpha value is -2.41. The molecule has 2 aromatic rings. The molecule has 0 aromatic carbocycles. The lowest BCUT2D eigenvalue weighted by molar-refractivity contribution is -0.133. The van der Waals surface area contributed by atoms with Crippen LogP contribution in [0.2, 0.25) is 0 Å². The van der Waals surface area contributed by atoms with Crippen molar-refractivity contribution in [3.05, 3.63) is 51.2 Å². The molecule has 26 heavy (non-hydrogen) atoms. The van der Waals surface area contributed by atoms with Crippen LogP contribution < -0.4 is 5.56 Å². The maximum absolute atomic E-state index is 12.9. The molecule has 0 radical (unpaired) electrons. The summed E-state index contributed by atoms with van der Waals surface area (Å²) in [4.78, 5) is 27.2. The SMILES string of the molecule is Cc1n[nH]c(C)c1CC(=O)N1C[C@H]2C[C@@H](C1)[C@H](CO)n1c2cccc1=O. The van der Waals surface area contributed by atoms with E-state index in [4.69, 9.17) is 0 Å². The second-order valence-electron chi connectivity index (χ2n) is 7.49. The van der Waals surface area contributed by atoms with Crippen molar-refractivity contribution in [3.63, 3.8) is 0 Å². The van der Waals surface area contributed by atoms with Crippen LogP contribution in [0.5, 0.6) is 0 Å². The number of aliphatic hydroxyl groups excluding tert-OH is 1. The molecule has 1 fully saturated rings. The van der Waals surface area contributed by atoms with Gasteiger partial charge in [-0.1, -0.05) is 6.07 Å². The molecule has 0 spiro atoms. The average molecular weight is 356 g/mol. The lowest BCUT2D eigenvalue weighted by atomic mass is 9.78. The minimum Gasteiger partial charge on any atom is -0.394 e. The van der Waals surface area contributed by atoms with Gasteiger partial charge in [-0.05, 0) is 26.3 Å². The van der Waals surface area contributed by atoms with Crippen molar-refractivity contribution in [1.29, 1.82) is 0 Å². The van der Waals surface area contributed by atoms with Crippen molar-refractivity contribution in [3.8, 4) is 0 Å². The van der Waals surface area contributed by atoms with Crippen LogP contribution in [0.1, 0.15) is 41.0 Å². The Bertz CT molecular complexity index is 881. The zero-order valence-electron chi connectivity index (χ0n) is 15.1. The Morgan fingerprint density at radius 2 is 2.15 bits per heavy atom. The third-order valence-electron chi connectivity index (χ3n) is 5.95. The van der Waals surface area contributed by atoms with E-state index in [-0.39, 0.29) is 36.0 Å². The van der Waals surface area contributed by atoms with Crippen molar-refractivity contribution in [2.75, 3.05) is 19.7 Å². The van der Waals surface area contributed by atoms with Gasteiger partial charge in [0.2, 0.25) is 5.91 Å². The fraction of sp³-hybridized carbons (Fsp3) is 0.526. The number of hydrogen-bond donors (Lipinski definition) is 2. The Labute approximate surface area is 151 Å². The predicted molar refractivity (Wildman–Crippen MR) is 96.0 cm³/mol. The molecule has 1 saturated heterocycles. The van der Waals surface area contributed by atoms with Crippen LogP contribution in [-0.4, -0.2) is 50.4 Å². The largest absolute Gasteiger partial charge is 0.394 e. The number of piperidine rings is 1. The highest BCUT2D eigenvalue weighted by Gasteiger charge is 2.41. The third-order valence-corrected chi connectivity index (χ3v) is 5.95. The summed E-state index contributed by atoms with van der Waals surface area (Å²) < 4.78 is 1.74. The molecule has 4 rings (SSSR count). The number of aromatic nitrogens is 3. The highest BCUT2D eigenvalue weighted by molar-refractivity contribution is 5.79. The van der Waals surface area contributed by atoms with E-state index in [2.05, 4.69) is 10.2 Å². The number of nitrogens with zero attached hydrogens (tertiary/aromatic N) is 3. The van der Waals surface area contributed by atoms with E-state index in [0.717, 1.165) is 29.1 Å². The summed E-state index contributed by atoms with van der Waals surface area (Å²) in [5, 5.41) is 17.0. The van der Waals surface area contributed by atoms with E-state index in [1.54, 1.807) is 16.7 Å². The fourth-order valence-corrected chi connectivity index (χ4v) is 4.58. The van der Waals surface area contributed by atoms with Gasteiger partial charge in [0, 0.05) is 47.9 Å². The first-order valence-electron chi connectivity index (χ1n) is 9.10. The molecule has 0 unspecified atom stereocenters. The van der Waals surface area contributed by atoms with Crippen LogP contribution >= 0.6 is 0 Å². The molecule has 7 heteroatoms. The maximum atomic E-state index is 12.9. The second-order valence-corrected chi connectivity index (χ2v) is 7.49. The average Bonchev–Trinajstić information content (AvgIpc) is 2.94. The van der Waals surface area contributed by atoms with Crippen LogP contribution in [0, 0.1) is 19.8 Å². The van der Waals surface area contributed by atoms with Gasteiger partial charge in [-0.15, -0.1) is 0 Å². The molecule has 2 aromatic heterocycles. The first-order chi connectivity index (χ1) is 12.5. The summed E-state index contributed by atoms with van der Waals surface area (Å²) >= 11 is 0. The normalized spacial score (nSPS) is 24.4. The van der Waals surface area contributed by atoms with Gasteiger partial charge < -0.3 is 14.6 Å². The number of hydrogen-bond acceptors (Lipinski definition) is 4. The number of likely N-dealkylation sites (tertiary alicyclic amines) is 1. The summed E-state index contributed by atoms with van der Waals surface area (Å²) in [5.41, 5.74) is 3.61. The van der Waals surface area contributed by atoms with Crippen LogP contribution in [0.25, 0.3) is 0 Å². The van der Waals surface area contributed by atoms with Crippen LogP contribution in [-0.2, 0) is 11.2 Å². The maximum Gasteiger partial charge on any atom is 0.251 e. The number of carbonyl (C=O) groups excluding carboxylic acids is 1. The van der Waals surface area contributed by atoms with E-state index in [1.165, 1.54) is 0 Å². The molecule has 7 nitrogen and oxygen atoms in total. The van der Waals surface area contributed by atoms with Crippen LogP contribution in [0.15, 0.2) is 23.0 Å². The Kier molecular flexibility index (Phi) is 4.19. The first-order valence-corrected chi connectivity index (χ1v) is 9.10. The van der Waals surface area contributed by atoms with Crippen molar-refractivity contribution in [1.82, 2.24) is 19.7 Å². The van der Waals surface area contributed by atoms with Gasteiger partial charge in [0.1, 0.15) is 0 Å². The molecule has 0 aliphatic carbocycles. The van der Waals surface area contributed by atoms with E-state index < -0.39 is 0 Å². The fourth-order valence-electron chi connectivity index (χ4n) is 4.58. The van der Waals surface area contributed by atoms with E-state index in [1.807, 2.05) is 24.8 Å². The van der Waals surface area contributed by atoms with Gasteiger partial charge in [-0.3, -0.25) is 14.7 Å². The standard InChI is InChI=1S/C19H24N4O3/c1-11-15(12(2)21-20-11)7-19(26)22-8-13-6-14(9-22)17(10-24)23-16(13)4-3-5-18(23)25/h3-5,13-14,17,24H,6-10H2,1-2H3,(H,20,21)/t13-,14+,17+/m1/s1. The van der Waals surface area contributed by atoms with Gasteiger partial charge in [-0.25, -0.2) is 0 Å². The number of rotatable bonds is 3. The zero-order valence-corrected chi connectivity index (χ0v) is 15.1. The molecule has 2 bridgehead atoms. The number of aryl methyl sites for hydroxylation is 2. The summed E-state index contributed by atoms with van der Waals surface area (Å²) in [6, 6.07) is 4.99. The van der Waals surface area contributed by atoms with Gasteiger partial charge in [0.25, 0.3) is 5.56 Å². The zero-order chi connectivity index (χ0) is 18.4. The Morgan fingerprint density at radius 1 is 1.35 bits per heavy atom. The summed E-state index contributed by atoms with van der Waals surface area (Å²) in [5.74, 6) is 0.318. The smallest absolute Gasteiger partial charge is 0.251 e. The Morgan fingerprint density at radius 3 is 2.85 bits per heavy atom. The molecule has 2 aliphatic heterocycles. The number of aliphatic hydroxyl groups is 1. The molecular weight excluding hydrogens is 332 g/mol. The van der Waals surface area contributed by atoms with Crippen molar-refractivity contribution < 1.29 is 9.90 Å². The number of fused-ring (bicyclic) bond motifs is 4. The lowest BCUT2D eigenvalue weighted by Gasteiger charge is -2.46. The third kappa shape index (κ3) is 2.67. The summed E-state index contributed by atoms with van der Waals surface area (Å²) in [7, 11) is 0. The predicted octanol–water partition coefficient (Wildman–Crippen LogP) is 0.910. The monoisotopic (exact) mass is 356 g/mol. The first kappa shape index (κ1) is 17.0. The summed E-state index contributed by atoms with van der Waals surface area (Å²) in [6.07, 6.45) is 1.24. The van der Waals surface area contributed by atoms with E-state index in [9.17, 15) is 14.7 Å². The van der Waals surface area contributed by atoms with Gasteiger partial charge in [0.05, 0.1) is 24.8 Å². The quantitative estimate of drug-likeness (QED) is 0.855. The van der Waals surface area contributed by atoms with Crippen molar-refractivity contribution in [2.45, 2.75) is 38.6 Å². The topological polar surface area (TPSA) is 91.2 Å². The minimum absolute atomic E-state index is 0.0688. The number of H-pyrrole nitrogens is 1. The minimum atomic E-state index is -0.261. The van der Waals surface area contributed by atoms with Gasteiger partial charge in [0.15, 0.2) is 0 Å². The second kappa shape index (κ2) is 6.39. The number of pyridine rings is 1. The van der Waals surface area contributed by atoms with Gasteiger partial charge in [-0.2, -0.15) is 5.10 Å². The van der Waals surface area contributed by atoms with Crippen molar-refractivity contribution >= 4 is 5.91 Å². The van der Waals surface area contributed by atoms with Gasteiger partial charge >= 0.3 is 0 Å². The molecule has 3 atom stereocenters. The summed E-state index contributed by atoms with van der Waals surface area (Å²) in [6.45, 7) is 4.94. The number of aromatic amines is 1. The number of amides is 1. The van der Waals surface area contributed by atoms with Crippen LogP contribution in [0.3, 0.4) is 0 Å². The molecular formula is C19H24N4O3. The molecule has 1 amide bonds.